The minimum absolute atomic E-state index is 0.844. The van der Waals surface area contributed by atoms with Gasteiger partial charge in [-0.1, -0.05) is 0 Å². The molecule has 1 saturated heterocycles. The van der Waals surface area contributed by atoms with E-state index in [1.165, 1.54) is 6.42 Å². The van der Waals surface area contributed by atoms with Gasteiger partial charge in [0, 0.05) is 0 Å². The van der Waals surface area contributed by atoms with Crippen molar-refractivity contribution in [3.05, 3.63) is 0 Å². The van der Waals surface area contributed by atoms with E-state index < -0.39 is 4.66 Å². The fourth-order valence-corrected chi connectivity index (χ4v) is 5.08. The summed E-state index contributed by atoms with van der Waals surface area (Å²) in [6, 6.07) is 0. The Bertz CT molecular complexity index is 105. The zero-order valence-corrected chi connectivity index (χ0v) is 8.28. The van der Waals surface area contributed by atoms with Gasteiger partial charge in [-0.25, -0.2) is 0 Å². The van der Waals surface area contributed by atoms with Gasteiger partial charge in [0.2, 0.25) is 0 Å². The summed E-state index contributed by atoms with van der Waals surface area (Å²) in [4.78, 5) is 0. The van der Waals surface area contributed by atoms with E-state index in [0.29, 0.717) is 0 Å². The monoisotopic (exact) mass is 206 g/mol. The first-order chi connectivity index (χ1) is 3.97. The second-order valence-electron chi connectivity index (χ2n) is 2.64. The summed E-state index contributed by atoms with van der Waals surface area (Å²) in [6.45, 7) is 0. The molecule has 0 aromatic heterocycles. The molecule has 1 rings (SSSR count). The third-order valence-electron chi connectivity index (χ3n) is 1.64. The van der Waals surface area contributed by atoms with E-state index in [0.717, 1.165) is 25.2 Å². The first kappa shape index (κ1) is 8.40. The molecular formula is C5H10Cl3P. The van der Waals surface area contributed by atoms with Gasteiger partial charge in [-0.3, -0.25) is 0 Å². The van der Waals surface area contributed by atoms with Crippen molar-refractivity contribution >= 4 is 38.4 Å². The van der Waals surface area contributed by atoms with E-state index in [9.17, 15) is 0 Å². The fraction of sp³-hybridized carbons (Fsp3) is 1.00. The Labute approximate surface area is 70.1 Å². The summed E-state index contributed by atoms with van der Waals surface area (Å²) in [5.41, 5.74) is 0. The van der Waals surface area contributed by atoms with Crippen LogP contribution in [0.2, 0.25) is 0 Å². The Morgan fingerprint density at radius 3 is 1.44 bits per heavy atom. The Hall–Kier alpha value is 1.30. The third-order valence-corrected chi connectivity index (χ3v) is 6.96. The van der Waals surface area contributed by atoms with Crippen LogP contribution in [-0.4, -0.2) is 12.3 Å². The van der Waals surface area contributed by atoms with Gasteiger partial charge in [0.05, 0.1) is 0 Å². The van der Waals surface area contributed by atoms with Crippen molar-refractivity contribution in [1.29, 1.82) is 0 Å². The minimum atomic E-state index is -2.63. The van der Waals surface area contributed by atoms with Crippen LogP contribution in [0.1, 0.15) is 19.3 Å². The first-order valence-corrected chi connectivity index (χ1v) is 8.46. The molecule has 0 aromatic rings. The summed E-state index contributed by atoms with van der Waals surface area (Å²) < 4.78 is -2.63. The van der Waals surface area contributed by atoms with Crippen LogP contribution in [0.4, 0.5) is 0 Å². The van der Waals surface area contributed by atoms with Gasteiger partial charge >= 0.3 is 70.0 Å². The van der Waals surface area contributed by atoms with Crippen LogP contribution in [0, 0.1) is 0 Å². The third kappa shape index (κ3) is 2.80. The van der Waals surface area contributed by atoms with Crippen molar-refractivity contribution in [2.24, 2.45) is 0 Å². The molecule has 1 fully saturated rings. The van der Waals surface area contributed by atoms with Crippen molar-refractivity contribution in [1.82, 2.24) is 0 Å². The summed E-state index contributed by atoms with van der Waals surface area (Å²) >= 11 is 18.0. The van der Waals surface area contributed by atoms with Crippen molar-refractivity contribution in [2.75, 3.05) is 12.3 Å². The van der Waals surface area contributed by atoms with Crippen LogP contribution in [-0.2, 0) is 0 Å². The van der Waals surface area contributed by atoms with Gasteiger partial charge in [0.25, 0.3) is 0 Å². The van der Waals surface area contributed by atoms with Gasteiger partial charge in [-0.15, -0.1) is 0 Å². The van der Waals surface area contributed by atoms with E-state index >= 15 is 0 Å². The van der Waals surface area contributed by atoms with Crippen LogP contribution < -0.4 is 0 Å². The maximum atomic E-state index is 5.99. The van der Waals surface area contributed by atoms with Crippen LogP contribution in [0.25, 0.3) is 0 Å². The van der Waals surface area contributed by atoms with Gasteiger partial charge in [-0.2, -0.15) is 0 Å². The molecule has 56 valence electrons. The van der Waals surface area contributed by atoms with E-state index in [1.807, 2.05) is 0 Å². The summed E-state index contributed by atoms with van der Waals surface area (Å²) in [7, 11) is 0. The molecule has 0 bridgehead atoms. The van der Waals surface area contributed by atoms with Gasteiger partial charge in [0.15, 0.2) is 0 Å². The number of hydrogen-bond donors (Lipinski definition) is 0. The molecule has 1 aliphatic rings. The fourth-order valence-electron chi connectivity index (χ4n) is 1.09. The molecule has 0 saturated carbocycles. The second-order valence-corrected chi connectivity index (χ2v) is 14.7. The Morgan fingerprint density at radius 2 is 1.22 bits per heavy atom. The molecular weight excluding hydrogens is 197 g/mol. The van der Waals surface area contributed by atoms with Gasteiger partial charge in [0.1, 0.15) is 0 Å². The predicted molar refractivity (Wildman–Crippen MR) is 48.1 cm³/mol. The summed E-state index contributed by atoms with van der Waals surface area (Å²) in [5, 5.41) is 0. The van der Waals surface area contributed by atoms with Crippen molar-refractivity contribution in [3.63, 3.8) is 0 Å². The van der Waals surface area contributed by atoms with Gasteiger partial charge in [-0.05, 0) is 0 Å². The molecule has 0 radical (unpaired) electrons. The maximum absolute atomic E-state index is 5.99. The van der Waals surface area contributed by atoms with Crippen LogP contribution in [0.15, 0.2) is 0 Å². The van der Waals surface area contributed by atoms with E-state index in [1.54, 1.807) is 0 Å². The molecule has 9 heavy (non-hydrogen) atoms. The van der Waals surface area contributed by atoms with E-state index in [4.69, 9.17) is 33.7 Å². The Morgan fingerprint density at radius 1 is 0.778 bits per heavy atom. The number of halogens is 3. The quantitative estimate of drug-likeness (QED) is 0.523. The SMILES string of the molecule is ClP1(Cl)(Cl)CCCCC1. The Balaban J connectivity index is 2.58. The molecule has 0 amide bonds. The second kappa shape index (κ2) is 2.41. The molecule has 0 aromatic carbocycles. The van der Waals surface area contributed by atoms with Crippen molar-refractivity contribution in [3.8, 4) is 0 Å². The molecule has 0 aliphatic carbocycles. The van der Waals surface area contributed by atoms with Crippen molar-refractivity contribution < 1.29 is 0 Å². The standard InChI is InChI=1S/C5H10Cl3P/c6-9(7,8)4-2-1-3-5-9/h1-5H2. The molecule has 0 spiro atoms. The molecule has 0 atom stereocenters. The van der Waals surface area contributed by atoms with Gasteiger partial charge < -0.3 is 0 Å². The first-order valence-electron chi connectivity index (χ1n) is 3.14. The van der Waals surface area contributed by atoms with E-state index in [2.05, 4.69) is 0 Å². The topological polar surface area (TPSA) is 0 Å². The predicted octanol–water partition coefficient (Wildman–Crippen LogP) is 4.19. The average Bonchev–Trinajstić information content (AvgIpc) is 1.62. The molecule has 4 heteroatoms. The van der Waals surface area contributed by atoms with Crippen LogP contribution >= 0.6 is 38.4 Å². The summed E-state index contributed by atoms with van der Waals surface area (Å²) in [5.74, 6) is 0. The Kier molecular flexibility index (Phi) is 2.25. The average molecular weight is 207 g/mol. The zero-order chi connectivity index (χ0) is 6.98. The summed E-state index contributed by atoms with van der Waals surface area (Å²) in [6.07, 6.45) is 5.14. The normalized spacial score (nSPS) is 36.6. The molecule has 0 nitrogen and oxygen atoms in total. The van der Waals surface area contributed by atoms with Crippen LogP contribution in [0.3, 0.4) is 0 Å². The van der Waals surface area contributed by atoms with Crippen molar-refractivity contribution in [2.45, 2.75) is 19.3 Å². The van der Waals surface area contributed by atoms with Crippen LogP contribution in [0.5, 0.6) is 0 Å². The molecule has 1 aliphatic heterocycles. The number of rotatable bonds is 0. The number of hydrogen-bond acceptors (Lipinski definition) is 0. The van der Waals surface area contributed by atoms with E-state index in [-0.39, 0.29) is 0 Å². The zero-order valence-electron chi connectivity index (χ0n) is 5.12. The molecule has 1 heterocycles. The molecule has 0 N–H and O–H groups in total. The molecule has 0 unspecified atom stereocenters.